The Kier molecular flexibility index (Phi) is 7.35. The van der Waals surface area contributed by atoms with Crippen molar-refractivity contribution in [1.82, 2.24) is 0 Å². The van der Waals surface area contributed by atoms with Crippen LogP contribution in [0.3, 0.4) is 0 Å². The van der Waals surface area contributed by atoms with E-state index in [-0.39, 0.29) is 18.1 Å². The molecule has 0 aliphatic heterocycles. The maximum atomic E-state index is 11.6. The van der Waals surface area contributed by atoms with Crippen LogP contribution in [0.15, 0.2) is 21.1 Å². The molecule has 0 spiro atoms. The van der Waals surface area contributed by atoms with Gasteiger partial charge in [0.15, 0.2) is 9.84 Å². The van der Waals surface area contributed by atoms with Crippen LogP contribution in [-0.2, 0) is 15.2 Å². The molecule has 0 aliphatic rings. The molecule has 7 heteroatoms. The van der Waals surface area contributed by atoms with Gasteiger partial charge in [-0.2, -0.15) is 0 Å². The third-order valence-electron chi connectivity index (χ3n) is 2.37. The molecule has 1 rings (SSSR count). The molecule has 0 N–H and O–H groups in total. The van der Waals surface area contributed by atoms with Gasteiger partial charge in [0.1, 0.15) is 12.4 Å². The van der Waals surface area contributed by atoms with Gasteiger partial charge in [0.25, 0.3) is 0 Å². The number of alkyl halides is 1. The lowest BCUT2D eigenvalue weighted by atomic mass is 10.2. The maximum Gasteiger partial charge on any atom is 0.153 e. The van der Waals surface area contributed by atoms with Crippen LogP contribution in [0.5, 0.6) is 5.75 Å². The van der Waals surface area contributed by atoms with Crippen molar-refractivity contribution >= 4 is 57.6 Å². The fourth-order valence-electron chi connectivity index (χ4n) is 1.51. The van der Waals surface area contributed by atoms with Crippen molar-refractivity contribution in [1.29, 1.82) is 0 Å². The van der Waals surface area contributed by atoms with Crippen LogP contribution >= 0.6 is 47.8 Å². The van der Waals surface area contributed by atoms with Crippen LogP contribution in [-0.4, -0.2) is 26.5 Å². The summed E-state index contributed by atoms with van der Waals surface area (Å²) in [5.74, 6) is 0.887. The van der Waals surface area contributed by atoms with Crippen molar-refractivity contribution in [2.45, 2.75) is 18.7 Å². The van der Waals surface area contributed by atoms with Gasteiger partial charge in [-0.3, -0.25) is 0 Å². The van der Waals surface area contributed by atoms with Crippen LogP contribution in [0.1, 0.15) is 18.9 Å². The Morgan fingerprint density at radius 2 is 1.74 bits per heavy atom. The molecule has 0 radical (unpaired) electrons. The zero-order valence-corrected chi connectivity index (χ0v) is 16.0. The third kappa shape index (κ3) is 5.73. The van der Waals surface area contributed by atoms with E-state index in [1.165, 1.54) is 0 Å². The molecule has 0 aliphatic carbocycles. The summed E-state index contributed by atoms with van der Waals surface area (Å²) >= 11 is 10.2. The number of ether oxygens (including phenoxy) is 1. The van der Waals surface area contributed by atoms with E-state index in [0.717, 1.165) is 19.8 Å². The molecule has 0 unspecified atom stereocenters. The van der Waals surface area contributed by atoms with Crippen LogP contribution in [0, 0.1) is 0 Å². The largest absolute Gasteiger partial charge is 0.490 e. The molecular formula is C12H15Br3O3S. The Labute approximate surface area is 139 Å². The average Bonchev–Trinajstić information content (AvgIpc) is 2.32. The number of rotatable bonds is 7. The van der Waals surface area contributed by atoms with Gasteiger partial charge in [-0.1, -0.05) is 22.9 Å². The van der Waals surface area contributed by atoms with E-state index < -0.39 is 9.84 Å². The Morgan fingerprint density at radius 1 is 1.16 bits per heavy atom. The minimum atomic E-state index is -3.00. The van der Waals surface area contributed by atoms with Crippen molar-refractivity contribution in [2.75, 3.05) is 18.1 Å². The zero-order chi connectivity index (χ0) is 14.5. The number of halogens is 3. The minimum absolute atomic E-state index is 0.0416. The monoisotopic (exact) mass is 476 g/mol. The number of hydrogen-bond acceptors (Lipinski definition) is 3. The predicted molar refractivity (Wildman–Crippen MR) is 88.9 cm³/mol. The van der Waals surface area contributed by atoms with Crippen molar-refractivity contribution in [2.24, 2.45) is 0 Å². The Bertz CT molecular complexity index is 506. The fraction of sp³-hybridized carbons (Fsp3) is 0.500. The Morgan fingerprint density at radius 3 is 2.21 bits per heavy atom. The normalized spacial score (nSPS) is 11.6. The van der Waals surface area contributed by atoms with Gasteiger partial charge in [0.2, 0.25) is 0 Å². The summed E-state index contributed by atoms with van der Waals surface area (Å²) in [4.78, 5) is 0. The molecule has 0 bridgehead atoms. The SMILES string of the molecule is CCCS(=O)(=O)CCOc1c(Br)cc(CBr)cc1Br. The van der Waals surface area contributed by atoms with Crippen molar-refractivity contribution in [3.8, 4) is 5.75 Å². The molecule has 0 atom stereocenters. The van der Waals surface area contributed by atoms with E-state index in [2.05, 4.69) is 47.8 Å². The van der Waals surface area contributed by atoms with Gasteiger partial charge in [0, 0.05) is 5.33 Å². The Balaban J connectivity index is 2.69. The first-order valence-electron chi connectivity index (χ1n) is 5.76. The first kappa shape index (κ1) is 17.5. The summed E-state index contributed by atoms with van der Waals surface area (Å²) in [6.07, 6.45) is 0.635. The van der Waals surface area contributed by atoms with Gasteiger partial charge in [0.05, 0.1) is 20.5 Å². The molecule has 19 heavy (non-hydrogen) atoms. The Hall–Kier alpha value is 0.410. The van der Waals surface area contributed by atoms with Crippen LogP contribution in [0.4, 0.5) is 0 Å². The van der Waals surface area contributed by atoms with Crippen LogP contribution < -0.4 is 4.74 Å². The molecular weight excluding hydrogens is 464 g/mol. The minimum Gasteiger partial charge on any atom is -0.490 e. The smallest absolute Gasteiger partial charge is 0.153 e. The quantitative estimate of drug-likeness (QED) is 0.548. The third-order valence-corrected chi connectivity index (χ3v) is 6.01. The highest BCUT2D eigenvalue weighted by Gasteiger charge is 2.12. The van der Waals surface area contributed by atoms with Gasteiger partial charge in [-0.15, -0.1) is 0 Å². The summed E-state index contributed by atoms with van der Waals surface area (Å²) in [5, 5.41) is 0.745. The van der Waals surface area contributed by atoms with Crippen LogP contribution in [0.2, 0.25) is 0 Å². The predicted octanol–water partition coefficient (Wildman–Crippen LogP) is 4.31. The van der Waals surface area contributed by atoms with Crippen LogP contribution in [0.25, 0.3) is 0 Å². The highest BCUT2D eigenvalue weighted by Crippen LogP contribution is 2.35. The second kappa shape index (κ2) is 8.00. The molecule has 3 nitrogen and oxygen atoms in total. The van der Waals surface area contributed by atoms with Gasteiger partial charge < -0.3 is 4.74 Å². The maximum absolute atomic E-state index is 11.6. The van der Waals surface area contributed by atoms with Crippen molar-refractivity contribution < 1.29 is 13.2 Å². The highest BCUT2D eigenvalue weighted by molar-refractivity contribution is 9.11. The van der Waals surface area contributed by atoms with E-state index in [0.29, 0.717) is 12.2 Å². The molecule has 0 saturated heterocycles. The standard InChI is InChI=1S/C12H15Br3O3S/c1-2-4-19(16,17)5-3-18-12-10(14)6-9(8-13)7-11(12)15/h6-7H,2-5,8H2,1H3. The molecule has 1 aromatic carbocycles. The van der Waals surface area contributed by atoms with Gasteiger partial charge in [-0.05, 0) is 56.0 Å². The van der Waals surface area contributed by atoms with E-state index in [4.69, 9.17) is 4.74 Å². The lowest BCUT2D eigenvalue weighted by Crippen LogP contribution is -2.17. The lowest BCUT2D eigenvalue weighted by molar-refractivity contribution is 0.336. The van der Waals surface area contributed by atoms with E-state index in [9.17, 15) is 8.42 Å². The van der Waals surface area contributed by atoms with Crippen molar-refractivity contribution in [3.05, 3.63) is 26.6 Å². The number of hydrogen-bond donors (Lipinski definition) is 0. The summed E-state index contributed by atoms with van der Waals surface area (Å²) in [5.41, 5.74) is 1.10. The fourth-order valence-corrected chi connectivity index (χ4v) is 4.51. The molecule has 1 aromatic rings. The molecule has 0 fully saturated rings. The molecule has 0 aromatic heterocycles. The number of benzene rings is 1. The molecule has 0 heterocycles. The summed E-state index contributed by atoms with van der Waals surface area (Å²) in [6.45, 7) is 2.01. The molecule has 0 saturated carbocycles. The lowest BCUT2D eigenvalue weighted by Gasteiger charge is -2.11. The summed E-state index contributed by atoms with van der Waals surface area (Å²) < 4.78 is 30.3. The zero-order valence-electron chi connectivity index (χ0n) is 10.5. The molecule has 108 valence electrons. The van der Waals surface area contributed by atoms with Gasteiger partial charge in [-0.25, -0.2) is 8.42 Å². The van der Waals surface area contributed by atoms with E-state index in [1.54, 1.807) is 0 Å². The first-order chi connectivity index (χ1) is 8.89. The summed E-state index contributed by atoms with van der Waals surface area (Å²) in [7, 11) is -3.00. The first-order valence-corrected chi connectivity index (χ1v) is 10.3. The van der Waals surface area contributed by atoms with E-state index in [1.807, 2.05) is 19.1 Å². The van der Waals surface area contributed by atoms with E-state index >= 15 is 0 Å². The van der Waals surface area contributed by atoms with Gasteiger partial charge >= 0.3 is 0 Å². The summed E-state index contributed by atoms with van der Waals surface area (Å²) in [6, 6.07) is 3.88. The highest BCUT2D eigenvalue weighted by atomic mass is 79.9. The average molecular weight is 479 g/mol. The van der Waals surface area contributed by atoms with Crippen molar-refractivity contribution in [3.63, 3.8) is 0 Å². The molecule has 0 amide bonds. The number of sulfone groups is 1. The topological polar surface area (TPSA) is 43.4 Å². The second-order valence-corrected chi connectivity index (χ2v) is 8.60. The second-order valence-electron chi connectivity index (χ2n) is 4.02.